The molecule has 0 fully saturated rings. The number of unbranched alkanes of at least 4 members (excludes halogenated alkanes) is 2. The minimum Gasteiger partial charge on any atom is -0.350 e. The molecular weight excluding hydrogens is 278 g/mol. The van der Waals surface area contributed by atoms with Crippen molar-refractivity contribution in [2.75, 3.05) is 0 Å². The zero-order valence-corrected chi connectivity index (χ0v) is 12.1. The van der Waals surface area contributed by atoms with Gasteiger partial charge in [0, 0.05) is 16.1 Å². The quantitative estimate of drug-likeness (QED) is 0.785. The van der Waals surface area contributed by atoms with E-state index >= 15 is 0 Å². The molecule has 0 heterocycles. The Morgan fingerprint density at radius 3 is 2.53 bits per heavy atom. The van der Waals surface area contributed by atoms with Crippen molar-refractivity contribution in [3.63, 3.8) is 0 Å². The molecule has 1 N–H and O–H groups in total. The van der Waals surface area contributed by atoms with Gasteiger partial charge < -0.3 is 5.32 Å². The molecule has 94 valence electrons. The van der Waals surface area contributed by atoms with Crippen molar-refractivity contribution in [2.24, 2.45) is 0 Å². The summed E-state index contributed by atoms with van der Waals surface area (Å²) >= 11 is 3.36. The lowest BCUT2D eigenvalue weighted by Crippen LogP contribution is -2.32. The van der Waals surface area contributed by atoms with Crippen molar-refractivity contribution in [1.82, 2.24) is 5.32 Å². The Kier molecular flexibility index (Phi) is 6.27. The largest absolute Gasteiger partial charge is 0.350 e. The van der Waals surface area contributed by atoms with E-state index in [-0.39, 0.29) is 11.9 Å². The van der Waals surface area contributed by atoms with Crippen molar-refractivity contribution in [3.8, 4) is 0 Å². The molecule has 1 rings (SSSR count). The van der Waals surface area contributed by atoms with Crippen LogP contribution in [-0.2, 0) is 0 Å². The molecule has 17 heavy (non-hydrogen) atoms. The van der Waals surface area contributed by atoms with Gasteiger partial charge in [-0.2, -0.15) is 0 Å². The first-order valence-electron chi connectivity index (χ1n) is 6.20. The van der Waals surface area contributed by atoms with E-state index < -0.39 is 0 Å². The van der Waals surface area contributed by atoms with Crippen LogP contribution in [0.1, 0.15) is 49.9 Å². The highest BCUT2D eigenvalue weighted by Gasteiger charge is 2.08. The van der Waals surface area contributed by atoms with Crippen molar-refractivity contribution in [2.45, 2.75) is 45.6 Å². The van der Waals surface area contributed by atoms with Crippen LogP contribution in [-0.4, -0.2) is 11.9 Å². The van der Waals surface area contributed by atoms with Crippen LogP contribution < -0.4 is 5.32 Å². The molecule has 0 spiro atoms. The van der Waals surface area contributed by atoms with Gasteiger partial charge in [0.25, 0.3) is 5.91 Å². The molecule has 3 heteroatoms. The number of carbonyl (C=O) groups excluding carboxylic acids is 1. The predicted molar refractivity (Wildman–Crippen MR) is 75.2 cm³/mol. The molecule has 1 aromatic rings. The van der Waals surface area contributed by atoms with Gasteiger partial charge in [0.15, 0.2) is 0 Å². The summed E-state index contributed by atoms with van der Waals surface area (Å²) in [4.78, 5) is 11.9. The SMILES string of the molecule is CCCCCC(C)NC(=O)c1ccc(Br)cc1. The van der Waals surface area contributed by atoms with Gasteiger partial charge >= 0.3 is 0 Å². The first-order chi connectivity index (χ1) is 8.13. The third kappa shape index (κ3) is 5.35. The van der Waals surface area contributed by atoms with Gasteiger partial charge in [-0.3, -0.25) is 4.79 Å². The van der Waals surface area contributed by atoms with E-state index in [0.29, 0.717) is 0 Å². The first kappa shape index (κ1) is 14.2. The van der Waals surface area contributed by atoms with E-state index in [1.54, 1.807) is 0 Å². The van der Waals surface area contributed by atoms with Crippen LogP contribution in [0.5, 0.6) is 0 Å². The number of nitrogens with one attached hydrogen (secondary N) is 1. The number of hydrogen-bond donors (Lipinski definition) is 1. The molecule has 0 aromatic heterocycles. The molecule has 1 amide bonds. The van der Waals surface area contributed by atoms with Gasteiger partial charge in [-0.1, -0.05) is 42.1 Å². The Balaban J connectivity index is 2.40. The Labute approximate surface area is 112 Å². The van der Waals surface area contributed by atoms with Gasteiger partial charge in [-0.25, -0.2) is 0 Å². The van der Waals surface area contributed by atoms with E-state index in [0.717, 1.165) is 16.5 Å². The van der Waals surface area contributed by atoms with Gasteiger partial charge in [0.2, 0.25) is 0 Å². The van der Waals surface area contributed by atoms with Crippen LogP contribution in [0, 0.1) is 0 Å². The maximum atomic E-state index is 11.9. The predicted octanol–water partition coefficient (Wildman–Crippen LogP) is 4.15. The van der Waals surface area contributed by atoms with Crippen LogP contribution >= 0.6 is 15.9 Å². The Hall–Kier alpha value is -0.830. The molecule has 0 aliphatic rings. The monoisotopic (exact) mass is 297 g/mol. The second-order valence-corrected chi connectivity index (χ2v) is 5.29. The van der Waals surface area contributed by atoms with Crippen LogP contribution in [0.25, 0.3) is 0 Å². The van der Waals surface area contributed by atoms with Crippen molar-refractivity contribution in [3.05, 3.63) is 34.3 Å². The number of halogens is 1. The Morgan fingerprint density at radius 1 is 1.29 bits per heavy atom. The molecule has 0 radical (unpaired) electrons. The summed E-state index contributed by atoms with van der Waals surface area (Å²) in [5.41, 5.74) is 0.718. The molecule has 0 bridgehead atoms. The highest BCUT2D eigenvalue weighted by atomic mass is 79.9. The second kappa shape index (κ2) is 7.49. The summed E-state index contributed by atoms with van der Waals surface area (Å²) in [7, 11) is 0. The molecule has 0 aliphatic carbocycles. The summed E-state index contributed by atoms with van der Waals surface area (Å²) in [6, 6.07) is 7.68. The summed E-state index contributed by atoms with van der Waals surface area (Å²) < 4.78 is 0.991. The van der Waals surface area contributed by atoms with Gasteiger partial charge in [0.05, 0.1) is 0 Å². The lowest BCUT2D eigenvalue weighted by molar-refractivity contribution is 0.0938. The fourth-order valence-electron chi connectivity index (χ4n) is 1.68. The zero-order valence-electron chi connectivity index (χ0n) is 10.5. The highest BCUT2D eigenvalue weighted by molar-refractivity contribution is 9.10. The van der Waals surface area contributed by atoms with Crippen LogP contribution in [0.3, 0.4) is 0 Å². The van der Waals surface area contributed by atoms with E-state index in [4.69, 9.17) is 0 Å². The van der Waals surface area contributed by atoms with E-state index in [1.165, 1.54) is 19.3 Å². The minimum atomic E-state index is 0.0153. The minimum absolute atomic E-state index is 0.0153. The van der Waals surface area contributed by atoms with Gasteiger partial charge in [-0.05, 0) is 37.6 Å². The van der Waals surface area contributed by atoms with E-state index in [2.05, 4.69) is 35.1 Å². The summed E-state index contributed by atoms with van der Waals surface area (Å²) in [6.45, 7) is 4.25. The molecule has 0 saturated carbocycles. The molecule has 1 atom stereocenters. The fourth-order valence-corrected chi connectivity index (χ4v) is 1.95. The van der Waals surface area contributed by atoms with E-state index in [9.17, 15) is 4.79 Å². The number of hydrogen-bond acceptors (Lipinski definition) is 1. The third-order valence-corrected chi connectivity index (χ3v) is 3.25. The fraction of sp³-hybridized carbons (Fsp3) is 0.500. The highest BCUT2D eigenvalue weighted by Crippen LogP contribution is 2.11. The molecular formula is C14H20BrNO. The Bertz CT molecular complexity index is 348. The topological polar surface area (TPSA) is 29.1 Å². The number of amides is 1. The number of benzene rings is 1. The zero-order chi connectivity index (χ0) is 12.7. The van der Waals surface area contributed by atoms with Crippen molar-refractivity contribution >= 4 is 21.8 Å². The summed E-state index contributed by atoms with van der Waals surface area (Å²) in [5.74, 6) is 0.0153. The van der Waals surface area contributed by atoms with Crippen LogP contribution in [0.2, 0.25) is 0 Å². The van der Waals surface area contributed by atoms with E-state index in [1.807, 2.05) is 24.3 Å². The molecule has 2 nitrogen and oxygen atoms in total. The lowest BCUT2D eigenvalue weighted by Gasteiger charge is -2.13. The van der Waals surface area contributed by atoms with Crippen molar-refractivity contribution < 1.29 is 4.79 Å². The Morgan fingerprint density at radius 2 is 1.94 bits per heavy atom. The third-order valence-electron chi connectivity index (χ3n) is 2.72. The normalized spacial score (nSPS) is 12.2. The van der Waals surface area contributed by atoms with Crippen LogP contribution in [0.15, 0.2) is 28.7 Å². The van der Waals surface area contributed by atoms with Crippen molar-refractivity contribution in [1.29, 1.82) is 0 Å². The molecule has 0 aliphatic heterocycles. The molecule has 1 aromatic carbocycles. The lowest BCUT2D eigenvalue weighted by atomic mass is 10.1. The summed E-state index contributed by atoms with van der Waals surface area (Å²) in [5, 5.41) is 3.02. The smallest absolute Gasteiger partial charge is 0.251 e. The molecule has 1 unspecified atom stereocenters. The number of rotatable bonds is 6. The van der Waals surface area contributed by atoms with Gasteiger partial charge in [-0.15, -0.1) is 0 Å². The second-order valence-electron chi connectivity index (χ2n) is 4.38. The van der Waals surface area contributed by atoms with Gasteiger partial charge in [0.1, 0.15) is 0 Å². The maximum absolute atomic E-state index is 11.9. The van der Waals surface area contributed by atoms with Crippen LogP contribution in [0.4, 0.5) is 0 Å². The standard InChI is InChI=1S/C14H20BrNO/c1-3-4-5-6-11(2)16-14(17)12-7-9-13(15)10-8-12/h7-11H,3-6H2,1-2H3,(H,16,17). The molecule has 0 saturated heterocycles. The number of carbonyl (C=O) groups is 1. The average Bonchev–Trinajstić information content (AvgIpc) is 2.30. The first-order valence-corrected chi connectivity index (χ1v) is 6.99. The summed E-state index contributed by atoms with van der Waals surface area (Å²) in [6.07, 6.45) is 4.68. The maximum Gasteiger partial charge on any atom is 0.251 e. The average molecular weight is 298 g/mol.